The lowest BCUT2D eigenvalue weighted by atomic mass is 10.1. The lowest BCUT2D eigenvalue weighted by Gasteiger charge is -2.11. The summed E-state index contributed by atoms with van der Waals surface area (Å²) in [6, 6.07) is 0.554. The predicted octanol–water partition coefficient (Wildman–Crippen LogP) is 1.98. The summed E-state index contributed by atoms with van der Waals surface area (Å²) in [6.07, 6.45) is 4.09. The molecule has 3 nitrogen and oxygen atoms in total. The van der Waals surface area contributed by atoms with E-state index >= 15 is 0 Å². The molecule has 1 unspecified atom stereocenters. The molecule has 0 bridgehead atoms. The minimum absolute atomic E-state index is 0.279. The molecule has 0 heterocycles. The second-order valence-electron chi connectivity index (χ2n) is 4.04. The summed E-state index contributed by atoms with van der Waals surface area (Å²) < 4.78 is 22.4. The second-order valence-corrected chi connectivity index (χ2v) is 6.52. The molecule has 0 amide bonds. The standard InChI is InChI=1S/C11H25NO2S/c1-4-12-11(3)9-7-6-8-10-15(13,14)5-2/h11-12H,4-10H2,1-3H3. The van der Waals surface area contributed by atoms with Gasteiger partial charge in [0.15, 0.2) is 0 Å². The molecule has 92 valence electrons. The maximum Gasteiger partial charge on any atom is 0.150 e. The molecule has 0 aliphatic carbocycles. The van der Waals surface area contributed by atoms with Crippen LogP contribution in [0.15, 0.2) is 0 Å². The Bertz CT molecular complexity index is 237. The molecule has 0 radical (unpaired) electrons. The highest BCUT2D eigenvalue weighted by atomic mass is 32.2. The van der Waals surface area contributed by atoms with Crippen LogP contribution in [0.1, 0.15) is 46.5 Å². The highest BCUT2D eigenvalue weighted by Gasteiger charge is 2.06. The van der Waals surface area contributed by atoms with E-state index < -0.39 is 9.84 Å². The van der Waals surface area contributed by atoms with Crippen LogP contribution in [0, 0.1) is 0 Å². The van der Waals surface area contributed by atoms with Crippen molar-refractivity contribution in [1.29, 1.82) is 0 Å². The van der Waals surface area contributed by atoms with Crippen molar-refractivity contribution in [2.24, 2.45) is 0 Å². The van der Waals surface area contributed by atoms with E-state index in [0.717, 1.165) is 32.2 Å². The van der Waals surface area contributed by atoms with Gasteiger partial charge in [0.2, 0.25) is 0 Å². The highest BCUT2D eigenvalue weighted by Crippen LogP contribution is 2.05. The molecule has 1 N–H and O–H groups in total. The van der Waals surface area contributed by atoms with E-state index in [1.807, 2.05) is 0 Å². The zero-order valence-corrected chi connectivity index (χ0v) is 11.1. The van der Waals surface area contributed by atoms with E-state index in [2.05, 4.69) is 19.2 Å². The van der Waals surface area contributed by atoms with Crippen molar-refractivity contribution in [3.8, 4) is 0 Å². The quantitative estimate of drug-likeness (QED) is 0.622. The molecule has 0 aromatic rings. The van der Waals surface area contributed by atoms with Gasteiger partial charge >= 0.3 is 0 Å². The van der Waals surface area contributed by atoms with Crippen LogP contribution in [0.2, 0.25) is 0 Å². The topological polar surface area (TPSA) is 46.2 Å². The molecule has 0 aromatic heterocycles. The van der Waals surface area contributed by atoms with Crippen LogP contribution in [-0.2, 0) is 9.84 Å². The van der Waals surface area contributed by atoms with E-state index in [9.17, 15) is 8.42 Å². The van der Waals surface area contributed by atoms with Gasteiger partial charge in [0.1, 0.15) is 9.84 Å². The van der Waals surface area contributed by atoms with Crippen molar-refractivity contribution in [2.75, 3.05) is 18.1 Å². The van der Waals surface area contributed by atoms with Gasteiger partial charge in [-0.05, 0) is 26.3 Å². The third-order valence-electron chi connectivity index (χ3n) is 2.58. The molecule has 0 fully saturated rings. The Labute approximate surface area is 94.6 Å². The maximum absolute atomic E-state index is 11.2. The van der Waals surface area contributed by atoms with Crippen LogP contribution in [0.3, 0.4) is 0 Å². The van der Waals surface area contributed by atoms with Gasteiger partial charge in [-0.2, -0.15) is 0 Å². The van der Waals surface area contributed by atoms with Crippen LogP contribution >= 0.6 is 0 Å². The summed E-state index contributed by atoms with van der Waals surface area (Å²) >= 11 is 0. The smallest absolute Gasteiger partial charge is 0.150 e. The van der Waals surface area contributed by atoms with E-state index in [1.54, 1.807) is 6.92 Å². The van der Waals surface area contributed by atoms with Crippen molar-refractivity contribution in [3.63, 3.8) is 0 Å². The lowest BCUT2D eigenvalue weighted by Crippen LogP contribution is -2.25. The Hall–Kier alpha value is -0.0900. The van der Waals surface area contributed by atoms with Gasteiger partial charge in [0.05, 0.1) is 5.75 Å². The Balaban J connectivity index is 3.40. The zero-order valence-electron chi connectivity index (χ0n) is 10.3. The number of hydrogen-bond acceptors (Lipinski definition) is 3. The molecule has 4 heteroatoms. The molecule has 0 aromatic carbocycles. The zero-order chi connectivity index (χ0) is 11.7. The molecule has 0 saturated heterocycles. The van der Waals surface area contributed by atoms with Gasteiger partial charge in [0.25, 0.3) is 0 Å². The van der Waals surface area contributed by atoms with Crippen LogP contribution < -0.4 is 5.32 Å². The van der Waals surface area contributed by atoms with Crippen molar-refractivity contribution in [1.82, 2.24) is 5.32 Å². The number of rotatable bonds is 9. The average molecular weight is 235 g/mol. The van der Waals surface area contributed by atoms with Crippen LogP contribution in [0.5, 0.6) is 0 Å². The Morgan fingerprint density at radius 1 is 1.13 bits per heavy atom. The normalized spacial score (nSPS) is 14.1. The SMILES string of the molecule is CCNC(C)CCCCCS(=O)(=O)CC. The summed E-state index contributed by atoms with van der Waals surface area (Å²) in [5, 5.41) is 3.35. The number of sulfone groups is 1. The minimum atomic E-state index is -2.75. The summed E-state index contributed by atoms with van der Waals surface area (Å²) in [5.41, 5.74) is 0. The maximum atomic E-state index is 11.2. The van der Waals surface area contributed by atoms with Crippen molar-refractivity contribution in [2.45, 2.75) is 52.5 Å². The van der Waals surface area contributed by atoms with Gasteiger partial charge in [-0.15, -0.1) is 0 Å². The van der Waals surface area contributed by atoms with Crippen LogP contribution in [0.4, 0.5) is 0 Å². The Morgan fingerprint density at radius 2 is 1.80 bits per heavy atom. The first-order valence-corrected chi connectivity index (χ1v) is 7.77. The summed E-state index contributed by atoms with van der Waals surface area (Å²) in [4.78, 5) is 0. The third-order valence-corrected chi connectivity index (χ3v) is 4.38. The van der Waals surface area contributed by atoms with E-state index in [4.69, 9.17) is 0 Å². The summed E-state index contributed by atoms with van der Waals surface area (Å²) in [6.45, 7) is 6.99. The molecular formula is C11H25NO2S. The fraction of sp³-hybridized carbons (Fsp3) is 1.00. The summed E-state index contributed by atoms with van der Waals surface area (Å²) in [5.74, 6) is 0.639. The first-order valence-electron chi connectivity index (χ1n) is 5.95. The lowest BCUT2D eigenvalue weighted by molar-refractivity contribution is 0.499. The minimum Gasteiger partial charge on any atom is -0.315 e. The number of nitrogens with one attached hydrogen (secondary N) is 1. The van der Waals surface area contributed by atoms with Gasteiger partial charge in [-0.25, -0.2) is 8.42 Å². The molecule has 1 atom stereocenters. The summed E-state index contributed by atoms with van der Waals surface area (Å²) in [7, 11) is -2.75. The first kappa shape index (κ1) is 14.9. The molecule has 15 heavy (non-hydrogen) atoms. The Morgan fingerprint density at radius 3 is 2.33 bits per heavy atom. The van der Waals surface area contributed by atoms with Crippen LogP contribution in [0.25, 0.3) is 0 Å². The number of unbranched alkanes of at least 4 members (excludes halogenated alkanes) is 2. The fourth-order valence-corrected chi connectivity index (χ4v) is 2.48. The predicted molar refractivity (Wildman–Crippen MR) is 65.9 cm³/mol. The van der Waals surface area contributed by atoms with E-state index in [0.29, 0.717) is 11.8 Å². The third kappa shape index (κ3) is 8.88. The van der Waals surface area contributed by atoms with Crippen molar-refractivity contribution < 1.29 is 8.42 Å². The van der Waals surface area contributed by atoms with Crippen LogP contribution in [-0.4, -0.2) is 32.5 Å². The molecule has 0 spiro atoms. The average Bonchev–Trinajstić information content (AvgIpc) is 2.17. The molecule has 0 rings (SSSR count). The first-order chi connectivity index (χ1) is 7.02. The molecule has 0 aliphatic heterocycles. The van der Waals surface area contributed by atoms with Gasteiger partial charge < -0.3 is 5.32 Å². The van der Waals surface area contributed by atoms with E-state index in [-0.39, 0.29) is 5.75 Å². The van der Waals surface area contributed by atoms with Crippen molar-refractivity contribution in [3.05, 3.63) is 0 Å². The molecule has 0 aliphatic rings. The van der Waals surface area contributed by atoms with Gasteiger partial charge in [-0.1, -0.05) is 26.7 Å². The second kappa shape index (κ2) is 8.11. The molecule has 0 saturated carbocycles. The highest BCUT2D eigenvalue weighted by molar-refractivity contribution is 7.91. The number of hydrogen-bond donors (Lipinski definition) is 1. The van der Waals surface area contributed by atoms with Crippen molar-refractivity contribution >= 4 is 9.84 Å². The van der Waals surface area contributed by atoms with E-state index in [1.165, 1.54) is 0 Å². The molecular weight excluding hydrogens is 210 g/mol. The monoisotopic (exact) mass is 235 g/mol. The fourth-order valence-electron chi connectivity index (χ4n) is 1.54. The van der Waals surface area contributed by atoms with Gasteiger partial charge in [-0.3, -0.25) is 0 Å². The van der Waals surface area contributed by atoms with Gasteiger partial charge in [0, 0.05) is 11.8 Å². The largest absolute Gasteiger partial charge is 0.315 e. The Kier molecular flexibility index (Phi) is 8.06.